The zero-order valence-electron chi connectivity index (χ0n) is 11.3. The van der Waals surface area contributed by atoms with Gasteiger partial charge in [-0.25, -0.2) is 4.79 Å². The van der Waals surface area contributed by atoms with E-state index < -0.39 is 0 Å². The summed E-state index contributed by atoms with van der Waals surface area (Å²) in [6.45, 7) is 8.10. The average Bonchev–Trinajstić information content (AvgIpc) is 2.78. The van der Waals surface area contributed by atoms with Gasteiger partial charge in [0.15, 0.2) is 5.58 Å². The van der Waals surface area contributed by atoms with Crippen molar-refractivity contribution in [3.8, 4) is 0 Å². The molecule has 0 unspecified atom stereocenters. The minimum Gasteiger partial charge on any atom is -0.406 e. The molecular formula is C14H19N3O2. The van der Waals surface area contributed by atoms with Gasteiger partial charge in [-0.3, -0.25) is 4.98 Å². The van der Waals surface area contributed by atoms with E-state index in [1.165, 1.54) is 5.56 Å². The number of anilines is 1. The molecule has 5 nitrogen and oxygen atoms in total. The highest BCUT2D eigenvalue weighted by molar-refractivity contribution is 5.87. The fourth-order valence-corrected chi connectivity index (χ4v) is 2.54. The second kappa shape index (κ2) is 4.74. The summed E-state index contributed by atoms with van der Waals surface area (Å²) in [7, 11) is 0. The molecule has 1 aromatic carbocycles. The fraction of sp³-hybridized carbons (Fsp3) is 0.500. The first-order valence-electron chi connectivity index (χ1n) is 6.77. The van der Waals surface area contributed by atoms with Gasteiger partial charge in [-0.05, 0) is 23.6 Å². The van der Waals surface area contributed by atoms with E-state index in [9.17, 15) is 4.79 Å². The normalized spacial score (nSPS) is 16.5. The van der Waals surface area contributed by atoms with Crippen LogP contribution in [0.2, 0.25) is 0 Å². The number of nitrogens with zero attached hydrogens (tertiary/aromatic N) is 1. The van der Waals surface area contributed by atoms with Gasteiger partial charge in [0, 0.05) is 26.2 Å². The Balaban J connectivity index is 2.16. The third-order valence-corrected chi connectivity index (χ3v) is 3.65. The zero-order chi connectivity index (χ0) is 13.4. The Hall–Kier alpha value is -1.75. The van der Waals surface area contributed by atoms with Crippen LogP contribution in [0.5, 0.6) is 0 Å². The maximum absolute atomic E-state index is 11.5. The molecule has 1 aliphatic rings. The molecule has 102 valence electrons. The van der Waals surface area contributed by atoms with Gasteiger partial charge in [-0.1, -0.05) is 13.8 Å². The van der Waals surface area contributed by atoms with Gasteiger partial charge < -0.3 is 14.6 Å². The molecule has 1 aliphatic heterocycles. The van der Waals surface area contributed by atoms with Gasteiger partial charge >= 0.3 is 5.76 Å². The molecule has 19 heavy (non-hydrogen) atoms. The van der Waals surface area contributed by atoms with Crippen LogP contribution in [0.3, 0.4) is 0 Å². The van der Waals surface area contributed by atoms with Crippen molar-refractivity contribution in [2.75, 3.05) is 31.1 Å². The lowest BCUT2D eigenvalue weighted by Crippen LogP contribution is -2.43. The molecule has 2 aromatic rings. The number of benzene rings is 1. The van der Waals surface area contributed by atoms with Crippen molar-refractivity contribution in [1.82, 2.24) is 10.3 Å². The second-order valence-electron chi connectivity index (χ2n) is 5.32. The lowest BCUT2D eigenvalue weighted by molar-refractivity contribution is 0.547. The molecule has 0 bridgehead atoms. The first kappa shape index (κ1) is 12.3. The zero-order valence-corrected chi connectivity index (χ0v) is 11.3. The molecular weight excluding hydrogens is 242 g/mol. The molecule has 1 aromatic heterocycles. The van der Waals surface area contributed by atoms with E-state index in [4.69, 9.17) is 4.42 Å². The van der Waals surface area contributed by atoms with Crippen molar-refractivity contribution >= 4 is 16.8 Å². The minimum atomic E-state index is -0.382. The number of piperazine rings is 1. The van der Waals surface area contributed by atoms with Crippen LogP contribution < -0.4 is 16.0 Å². The third-order valence-electron chi connectivity index (χ3n) is 3.65. The molecule has 2 heterocycles. The van der Waals surface area contributed by atoms with E-state index in [0.29, 0.717) is 11.5 Å². The van der Waals surface area contributed by atoms with Crippen molar-refractivity contribution in [1.29, 1.82) is 0 Å². The molecule has 0 saturated carbocycles. The predicted molar refractivity (Wildman–Crippen MR) is 76.0 cm³/mol. The van der Waals surface area contributed by atoms with Crippen LogP contribution in [0.15, 0.2) is 21.3 Å². The van der Waals surface area contributed by atoms with E-state index in [0.717, 1.165) is 37.4 Å². The number of nitrogens with one attached hydrogen (secondary N) is 2. The highest BCUT2D eigenvalue weighted by Gasteiger charge is 2.18. The Kier molecular flexibility index (Phi) is 3.06. The molecule has 3 rings (SSSR count). The summed E-state index contributed by atoms with van der Waals surface area (Å²) in [5, 5.41) is 3.33. The molecule has 5 heteroatoms. The first-order valence-corrected chi connectivity index (χ1v) is 6.77. The first-order chi connectivity index (χ1) is 9.15. The lowest BCUT2D eigenvalue weighted by Gasteiger charge is -2.29. The highest BCUT2D eigenvalue weighted by atomic mass is 16.4. The number of hydrogen-bond acceptors (Lipinski definition) is 4. The third kappa shape index (κ3) is 2.26. The molecule has 1 fully saturated rings. The number of H-pyrrole nitrogens is 1. The number of rotatable bonds is 2. The molecule has 0 atom stereocenters. The van der Waals surface area contributed by atoms with E-state index in [1.807, 2.05) is 6.07 Å². The molecule has 0 radical (unpaired) electrons. The van der Waals surface area contributed by atoms with Crippen molar-refractivity contribution in [2.24, 2.45) is 0 Å². The molecule has 1 saturated heterocycles. The number of hydrogen-bond donors (Lipinski definition) is 2. The van der Waals surface area contributed by atoms with Crippen LogP contribution in [0.1, 0.15) is 25.3 Å². The number of fused-ring (bicyclic) bond motifs is 1. The summed E-state index contributed by atoms with van der Waals surface area (Å²) in [5.41, 5.74) is 3.72. The van der Waals surface area contributed by atoms with E-state index >= 15 is 0 Å². The lowest BCUT2D eigenvalue weighted by atomic mass is 10.0. The number of oxazole rings is 1. The van der Waals surface area contributed by atoms with Crippen molar-refractivity contribution in [3.05, 3.63) is 28.2 Å². The largest absolute Gasteiger partial charge is 0.417 e. The summed E-state index contributed by atoms with van der Waals surface area (Å²) in [4.78, 5) is 16.5. The monoisotopic (exact) mass is 261 g/mol. The summed E-state index contributed by atoms with van der Waals surface area (Å²) < 4.78 is 5.31. The van der Waals surface area contributed by atoms with Crippen molar-refractivity contribution in [3.63, 3.8) is 0 Å². The van der Waals surface area contributed by atoms with Crippen LogP contribution in [0.25, 0.3) is 11.1 Å². The van der Waals surface area contributed by atoms with Crippen LogP contribution >= 0.6 is 0 Å². The molecule has 2 N–H and O–H groups in total. The summed E-state index contributed by atoms with van der Waals surface area (Å²) in [5.74, 6) is 0.0387. The Morgan fingerprint density at radius 3 is 2.68 bits per heavy atom. The Bertz CT molecular complexity index is 636. The topological polar surface area (TPSA) is 61.3 Å². The smallest absolute Gasteiger partial charge is 0.406 e. The van der Waals surface area contributed by atoms with Gasteiger partial charge in [0.1, 0.15) is 0 Å². The summed E-state index contributed by atoms with van der Waals surface area (Å²) in [6, 6.07) is 4.16. The van der Waals surface area contributed by atoms with Crippen LogP contribution in [0, 0.1) is 0 Å². The van der Waals surface area contributed by atoms with Gasteiger partial charge in [0.2, 0.25) is 0 Å². The van der Waals surface area contributed by atoms with Crippen molar-refractivity contribution in [2.45, 2.75) is 19.8 Å². The Morgan fingerprint density at radius 2 is 2.00 bits per heavy atom. The fourth-order valence-electron chi connectivity index (χ4n) is 2.54. The summed E-state index contributed by atoms with van der Waals surface area (Å²) in [6.07, 6.45) is 0. The maximum Gasteiger partial charge on any atom is 0.417 e. The van der Waals surface area contributed by atoms with Crippen LogP contribution in [-0.2, 0) is 0 Å². The molecule has 0 amide bonds. The number of aromatic nitrogens is 1. The number of aromatic amines is 1. The minimum absolute atomic E-state index is 0.382. The van der Waals surface area contributed by atoms with Gasteiger partial charge in [-0.15, -0.1) is 0 Å². The second-order valence-corrected chi connectivity index (χ2v) is 5.32. The van der Waals surface area contributed by atoms with E-state index in [1.54, 1.807) is 0 Å². The van der Waals surface area contributed by atoms with Gasteiger partial charge in [-0.2, -0.15) is 0 Å². The average molecular weight is 261 g/mol. The van der Waals surface area contributed by atoms with Crippen molar-refractivity contribution < 1.29 is 4.42 Å². The predicted octanol–water partition coefficient (Wildman–Crippen LogP) is 1.65. The Labute approximate surface area is 111 Å². The SMILES string of the molecule is CC(C)c1cc(N2CCNCC2)c2oc(=O)[nH]c2c1. The maximum atomic E-state index is 11.5. The standard InChI is InChI=1S/C14H19N3O2/c1-9(2)10-7-11-13(19-14(18)16-11)12(8-10)17-5-3-15-4-6-17/h7-9,15H,3-6H2,1-2H3,(H,16,18). The van der Waals surface area contributed by atoms with Crippen LogP contribution in [0.4, 0.5) is 5.69 Å². The van der Waals surface area contributed by atoms with Crippen LogP contribution in [-0.4, -0.2) is 31.2 Å². The highest BCUT2D eigenvalue weighted by Crippen LogP contribution is 2.30. The van der Waals surface area contributed by atoms with E-state index in [-0.39, 0.29) is 5.76 Å². The summed E-state index contributed by atoms with van der Waals surface area (Å²) >= 11 is 0. The molecule has 0 aliphatic carbocycles. The quantitative estimate of drug-likeness (QED) is 0.863. The molecule has 0 spiro atoms. The van der Waals surface area contributed by atoms with Gasteiger partial charge in [0.25, 0.3) is 0 Å². The Morgan fingerprint density at radius 1 is 1.26 bits per heavy atom. The van der Waals surface area contributed by atoms with Gasteiger partial charge in [0.05, 0.1) is 11.2 Å². The van der Waals surface area contributed by atoms with E-state index in [2.05, 4.69) is 35.1 Å².